The summed E-state index contributed by atoms with van der Waals surface area (Å²) in [5, 5.41) is -0.580. The molecule has 0 aromatic rings. The third-order valence-corrected chi connectivity index (χ3v) is 3.93. The molecule has 1 rings (SSSR count). The van der Waals surface area contributed by atoms with Crippen LogP contribution in [0.15, 0.2) is 0 Å². The number of carbonyl (C=O) groups excluding carboxylic acids is 1. The number of hydrogen-bond acceptors (Lipinski definition) is 3. The van der Waals surface area contributed by atoms with Crippen LogP contribution in [0.25, 0.3) is 0 Å². The van der Waals surface area contributed by atoms with Crippen LogP contribution in [-0.4, -0.2) is 37.6 Å². The van der Waals surface area contributed by atoms with Crippen LogP contribution < -0.4 is 0 Å². The quantitative estimate of drug-likeness (QED) is 0.582. The Kier molecular flexibility index (Phi) is 2.63. The third-order valence-electron chi connectivity index (χ3n) is 1.99. The maximum Gasteiger partial charge on any atom is 0.237 e. The molecule has 70 valence electrons. The predicted molar refractivity (Wildman–Crippen MR) is 45.4 cm³/mol. The molecule has 0 aromatic heterocycles. The highest BCUT2D eigenvalue weighted by Gasteiger charge is 2.32. The van der Waals surface area contributed by atoms with Crippen molar-refractivity contribution >= 4 is 25.6 Å². The summed E-state index contributed by atoms with van der Waals surface area (Å²) in [6, 6.07) is 0. The minimum Gasteiger partial charge on any atom is -0.342 e. The van der Waals surface area contributed by atoms with Crippen molar-refractivity contribution in [3.05, 3.63) is 0 Å². The van der Waals surface area contributed by atoms with E-state index in [1.165, 1.54) is 11.8 Å². The van der Waals surface area contributed by atoms with E-state index in [2.05, 4.69) is 0 Å². The second-order valence-electron chi connectivity index (χ2n) is 2.85. The lowest BCUT2D eigenvalue weighted by atomic mass is 10.4. The molecule has 12 heavy (non-hydrogen) atoms. The molecule has 0 spiro atoms. The molecule has 0 aromatic carbocycles. The Morgan fingerprint density at radius 3 is 2.42 bits per heavy atom. The minimum atomic E-state index is -3.49. The molecule has 4 nitrogen and oxygen atoms in total. The first-order chi connectivity index (χ1) is 5.41. The normalized spacial score (nSPS) is 24.5. The molecule has 1 aliphatic heterocycles. The lowest BCUT2D eigenvalue weighted by Crippen LogP contribution is -2.28. The molecule has 1 fully saturated rings. The largest absolute Gasteiger partial charge is 0.342 e. The maximum atomic E-state index is 10.8. The van der Waals surface area contributed by atoms with Gasteiger partial charge in [-0.25, -0.2) is 8.42 Å². The number of likely N-dealkylation sites (tertiary alicyclic amines) is 1. The summed E-state index contributed by atoms with van der Waals surface area (Å²) in [4.78, 5) is 12.3. The van der Waals surface area contributed by atoms with Crippen LogP contribution in [0.5, 0.6) is 0 Å². The van der Waals surface area contributed by atoms with Crippen LogP contribution in [0.2, 0.25) is 0 Å². The van der Waals surface area contributed by atoms with Gasteiger partial charge in [-0.15, -0.1) is 0 Å². The standard InChI is InChI=1S/C6H10ClNO3S/c1-5(9)8-3-2-6(4-8)12(7,10)11/h6H,2-4H2,1H3. The molecule has 0 bridgehead atoms. The molecule has 1 aliphatic rings. The molecular formula is C6H10ClNO3S. The first-order valence-electron chi connectivity index (χ1n) is 3.60. The Morgan fingerprint density at radius 1 is 1.58 bits per heavy atom. The van der Waals surface area contributed by atoms with Gasteiger partial charge in [-0.3, -0.25) is 4.79 Å². The number of halogens is 1. The molecule has 1 amide bonds. The average Bonchev–Trinajstić information content (AvgIpc) is 2.30. The summed E-state index contributed by atoms with van der Waals surface area (Å²) in [6.07, 6.45) is 0.450. The molecule has 0 radical (unpaired) electrons. The van der Waals surface area contributed by atoms with E-state index in [-0.39, 0.29) is 12.5 Å². The predicted octanol–water partition coefficient (Wildman–Crippen LogP) is 0.176. The molecule has 0 aliphatic carbocycles. The van der Waals surface area contributed by atoms with E-state index in [0.717, 1.165) is 0 Å². The van der Waals surface area contributed by atoms with Crippen LogP contribution in [-0.2, 0) is 13.8 Å². The number of hydrogen-bond donors (Lipinski definition) is 0. The molecule has 1 saturated heterocycles. The van der Waals surface area contributed by atoms with Gasteiger partial charge in [-0.2, -0.15) is 0 Å². The van der Waals surface area contributed by atoms with Crippen molar-refractivity contribution < 1.29 is 13.2 Å². The summed E-state index contributed by atoms with van der Waals surface area (Å²) in [5.74, 6) is -0.0992. The van der Waals surface area contributed by atoms with Crippen molar-refractivity contribution in [2.75, 3.05) is 13.1 Å². The zero-order valence-electron chi connectivity index (χ0n) is 6.66. The number of nitrogens with zero attached hydrogens (tertiary/aromatic N) is 1. The van der Waals surface area contributed by atoms with Gasteiger partial charge in [0.2, 0.25) is 15.0 Å². The topological polar surface area (TPSA) is 54.5 Å². The van der Waals surface area contributed by atoms with Crippen molar-refractivity contribution in [3.63, 3.8) is 0 Å². The van der Waals surface area contributed by atoms with E-state index in [9.17, 15) is 13.2 Å². The van der Waals surface area contributed by atoms with Gasteiger partial charge in [0.05, 0.1) is 5.25 Å². The SMILES string of the molecule is CC(=O)N1CCC(S(=O)(=O)Cl)C1. The van der Waals surface area contributed by atoms with E-state index in [1.54, 1.807) is 0 Å². The molecule has 1 unspecified atom stereocenters. The van der Waals surface area contributed by atoms with E-state index in [4.69, 9.17) is 10.7 Å². The Bertz CT molecular complexity index is 287. The van der Waals surface area contributed by atoms with Crippen LogP contribution in [0.3, 0.4) is 0 Å². The first kappa shape index (κ1) is 9.80. The van der Waals surface area contributed by atoms with Crippen LogP contribution in [0.4, 0.5) is 0 Å². The second-order valence-corrected chi connectivity index (χ2v) is 5.76. The van der Waals surface area contributed by atoms with Crippen molar-refractivity contribution in [1.29, 1.82) is 0 Å². The zero-order chi connectivity index (χ0) is 9.35. The van der Waals surface area contributed by atoms with Crippen molar-refractivity contribution in [1.82, 2.24) is 4.90 Å². The lowest BCUT2D eigenvalue weighted by molar-refractivity contribution is -0.127. The Morgan fingerprint density at radius 2 is 2.17 bits per heavy atom. The van der Waals surface area contributed by atoms with Gasteiger partial charge < -0.3 is 4.90 Å². The van der Waals surface area contributed by atoms with E-state index >= 15 is 0 Å². The van der Waals surface area contributed by atoms with Crippen molar-refractivity contribution in [3.8, 4) is 0 Å². The van der Waals surface area contributed by atoms with Crippen LogP contribution >= 0.6 is 10.7 Å². The smallest absolute Gasteiger partial charge is 0.237 e. The third kappa shape index (κ3) is 2.10. The fraction of sp³-hybridized carbons (Fsp3) is 0.833. The summed E-state index contributed by atoms with van der Waals surface area (Å²) < 4.78 is 21.7. The lowest BCUT2D eigenvalue weighted by Gasteiger charge is -2.11. The summed E-state index contributed by atoms with van der Waals surface area (Å²) in [6.45, 7) is 2.15. The van der Waals surface area contributed by atoms with Gasteiger partial charge in [0.15, 0.2) is 0 Å². The summed E-state index contributed by atoms with van der Waals surface area (Å²) in [7, 11) is 1.65. The van der Waals surface area contributed by atoms with E-state index in [1.807, 2.05) is 0 Å². The van der Waals surface area contributed by atoms with E-state index in [0.29, 0.717) is 13.0 Å². The first-order valence-corrected chi connectivity index (χ1v) is 5.97. The second kappa shape index (κ2) is 3.22. The fourth-order valence-electron chi connectivity index (χ4n) is 1.24. The highest BCUT2D eigenvalue weighted by molar-refractivity contribution is 8.14. The van der Waals surface area contributed by atoms with Gasteiger partial charge >= 0.3 is 0 Å². The molecule has 1 atom stereocenters. The number of rotatable bonds is 1. The number of amides is 1. The molecule has 0 saturated carbocycles. The van der Waals surface area contributed by atoms with Crippen molar-refractivity contribution in [2.24, 2.45) is 0 Å². The van der Waals surface area contributed by atoms with Gasteiger partial charge in [0.1, 0.15) is 0 Å². The Labute approximate surface area is 75.9 Å². The molecule has 1 heterocycles. The van der Waals surface area contributed by atoms with Crippen molar-refractivity contribution in [2.45, 2.75) is 18.6 Å². The van der Waals surface area contributed by atoms with Gasteiger partial charge in [0.25, 0.3) is 0 Å². The van der Waals surface area contributed by atoms with Crippen LogP contribution in [0.1, 0.15) is 13.3 Å². The summed E-state index contributed by atoms with van der Waals surface area (Å²) >= 11 is 0. The maximum absolute atomic E-state index is 10.8. The van der Waals surface area contributed by atoms with Gasteiger partial charge in [-0.05, 0) is 6.42 Å². The monoisotopic (exact) mass is 211 g/mol. The minimum absolute atomic E-state index is 0.0992. The average molecular weight is 212 g/mol. The zero-order valence-corrected chi connectivity index (χ0v) is 8.23. The highest BCUT2D eigenvalue weighted by atomic mass is 35.7. The molecular weight excluding hydrogens is 202 g/mol. The highest BCUT2D eigenvalue weighted by Crippen LogP contribution is 2.19. The fourth-order valence-corrected chi connectivity index (χ4v) is 2.43. The van der Waals surface area contributed by atoms with Gasteiger partial charge in [0, 0.05) is 30.7 Å². The van der Waals surface area contributed by atoms with Crippen LogP contribution in [0, 0.1) is 0 Å². The Hall–Kier alpha value is -0.290. The molecule has 0 N–H and O–H groups in total. The number of carbonyl (C=O) groups is 1. The molecule has 6 heteroatoms. The van der Waals surface area contributed by atoms with Gasteiger partial charge in [-0.1, -0.05) is 0 Å². The summed E-state index contributed by atoms with van der Waals surface area (Å²) in [5.41, 5.74) is 0. The Balaban J connectivity index is 2.64. The van der Waals surface area contributed by atoms with E-state index < -0.39 is 14.3 Å².